The number of hydrogen-bond acceptors (Lipinski definition) is 0. The Hall–Kier alpha value is -1.70. The van der Waals surface area contributed by atoms with Gasteiger partial charge in [-0.1, -0.05) is 70.2 Å². The van der Waals surface area contributed by atoms with E-state index in [0.717, 1.165) is 29.9 Å². The number of unbranched alkanes of at least 4 members (excludes halogenated alkanes) is 1. The fourth-order valence-electron chi connectivity index (χ4n) is 4.63. The first-order valence-electron chi connectivity index (χ1n) is 10.6. The minimum Gasteiger partial charge on any atom is -0.207 e. The Morgan fingerprint density at radius 2 is 1.52 bits per heavy atom. The van der Waals surface area contributed by atoms with E-state index in [0.29, 0.717) is 11.5 Å². The van der Waals surface area contributed by atoms with Crippen LogP contribution < -0.4 is 0 Å². The van der Waals surface area contributed by atoms with Crippen molar-refractivity contribution < 1.29 is 8.78 Å². The maximum Gasteiger partial charge on any atom is 0.126 e. The van der Waals surface area contributed by atoms with Crippen LogP contribution in [-0.4, -0.2) is 0 Å². The summed E-state index contributed by atoms with van der Waals surface area (Å²) in [5, 5.41) is 0. The molecule has 2 heteroatoms. The molecule has 0 spiro atoms. The van der Waals surface area contributed by atoms with Gasteiger partial charge >= 0.3 is 0 Å². The van der Waals surface area contributed by atoms with E-state index in [1.165, 1.54) is 62.6 Å². The van der Waals surface area contributed by atoms with Crippen molar-refractivity contribution in [2.24, 2.45) is 17.8 Å². The topological polar surface area (TPSA) is 0 Å². The lowest BCUT2D eigenvalue weighted by molar-refractivity contribution is 0.205. The monoisotopic (exact) mass is 370 g/mol. The molecule has 0 amide bonds. The Balaban J connectivity index is 1.55. The van der Waals surface area contributed by atoms with Crippen LogP contribution in [0.3, 0.4) is 0 Å². The number of benzene rings is 2. The first-order chi connectivity index (χ1) is 13.0. The van der Waals surface area contributed by atoms with Crippen molar-refractivity contribution >= 4 is 0 Å². The van der Waals surface area contributed by atoms with Gasteiger partial charge in [0.15, 0.2) is 0 Å². The van der Waals surface area contributed by atoms with Gasteiger partial charge in [0.05, 0.1) is 0 Å². The summed E-state index contributed by atoms with van der Waals surface area (Å²) in [6, 6.07) is 11.9. The Labute approximate surface area is 163 Å². The van der Waals surface area contributed by atoms with Crippen LogP contribution in [0.2, 0.25) is 0 Å². The van der Waals surface area contributed by atoms with Gasteiger partial charge in [-0.15, -0.1) is 0 Å². The van der Waals surface area contributed by atoms with E-state index >= 15 is 0 Å². The lowest BCUT2D eigenvalue weighted by atomic mass is 9.73. The van der Waals surface area contributed by atoms with Gasteiger partial charge in [0.1, 0.15) is 11.6 Å². The molecule has 2 aromatic carbocycles. The molecule has 0 saturated heterocycles. The average Bonchev–Trinajstić information content (AvgIpc) is 2.66. The van der Waals surface area contributed by atoms with E-state index in [1.807, 2.05) is 12.1 Å². The fourth-order valence-corrected chi connectivity index (χ4v) is 4.63. The second-order valence-electron chi connectivity index (χ2n) is 8.46. The van der Waals surface area contributed by atoms with Crippen LogP contribution in [0.1, 0.15) is 64.4 Å². The molecule has 3 rings (SSSR count). The lowest BCUT2D eigenvalue weighted by Crippen LogP contribution is -2.21. The van der Waals surface area contributed by atoms with Gasteiger partial charge in [0, 0.05) is 6.07 Å². The predicted molar refractivity (Wildman–Crippen MR) is 110 cm³/mol. The maximum atomic E-state index is 13.4. The molecule has 1 aliphatic rings. The molecule has 0 aromatic heterocycles. The van der Waals surface area contributed by atoms with E-state index in [1.54, 1.807) is 0 Å². The maximum absolute atomic E-state index is 13.4. The molecule has 2 aromatic rings. The molecular formula is C25H32F2. The molecule has 146 valence electrons. The molecule has 0 heterocycles. The van der Waals surface area contributed by atoms with Crippen LogP contribution in [0.4, 0.5) is 8.78 Å². The minimum absolute atomic E-state index is 0.530. The van der Waals surface area contributed by atoms with E-state index in [2.05, 4.69) is 26.0 Å². The van der Waals surface area contributed by atoms with E-state index in [-0.39, 0.29) is 0 Å². The molecule has 0 nitrogen and oxygen atoms in total. The van der Waals surface area contributed by atoms with Crippen molar-refractivity contribution in [3.63, 3.8) is 0 Å². The smallest absolute Gasteiger partial charge is 0.126 e. The second-order valence-corrected chi connectivity index (χ2v) is 8.46. The zero-order chi connectivity index (χ0) is 19.2. The zero-order valence-corrected chi connectivity index (χ0v) is 16.7. The van der Waals surface area contributed by atoms with Crippen LogP contribution >= 0.6 is 0 Å². The zero-order valence-electron chi connectivity index (χ0n) is 16.7. The van der Waals surface area contributed by atoms with Crippen molar-refractivity contribution in [2.75, 3.05) is 0 Å². The third-order valence-corrected chi connectivity index (χ3v) is 6.37. The predicted octanol–water partition coefficient (Wildman–Crippen LogP) is 7.81. The molecule has 1 saturated carbocycles. The summed E-state index contributed by atoms with van der Waals surface area (Å²) < 4.78 is 26.9. The molecule has 0 bridgehead atoms. The third kappa shape index (κ3) is 5.64. The van der Waals surface area contributed by atoms with Crippen molar-refractivity contribution in [3.8, 4) is 11.1 Å². The Morgan fingerprint density at radius 3 is 2.11 bits per heavy atom. The molecule has 0 N–H and O–H groups in total. The normalized spacial score (nSPS) is 21.2. The summed E-state index contributed by atoms with van der Waals surface area (Å²) in [5.41, 5.74) is 2.77. The summed E-state index contributed by atoms with van der Waals surface area (Å²) in [7, 11) is 0. The van der Waals surface area contributed by atoms with E-state index in [4.69, 9.17) is 0 Å². The highest BCUT2D eigenvalue weighted by molar-refractivity contribution is 5.63. The third-order valence-electron chi connectivity index (χ3n) is 6.37. The highest BCUT2D eigenvalue weighted by atomic mass is 19.1. The highest BCUT2D eigenvalue weighted by Gasteiger charge is 2.25. The second kappa shape index (κ2) is 9.48. The van der Waals surface area contributed by atoms with Crippen LogP contribution in [0.5, 0.6) is 0 Å². The molecule has 0 radical (unpaired) electrons. The Kier molecular flexibility index (Phi) is 7.04. The quantitative estimate of drug-likeness (QED) is 0.466. The summed E-state index contributed by atoms with van der Waals surface area (Å²) in [6.07, 6.45) is 10.7. The van der Waals surface area contributed by atoms with Gasteiger partial charge in [-0.2, -0.15) is 0 Å². The Morgan fingerprint density at radius 1 is 0.889 bits per heavy atom. The lowest BCUT2D eigenvalue weighted by Gasteiger charge is -2.32. The highest BCUT2D eigenvalue weighted by Crippen LogP contribution is 2.37. The Bertz CT molecular complexity index is 691. The summed E-state index contributed by atoms with van der Waals surface area (Å²) in [6.45, 7) is 4.66. The van der Waals surface area contributed by atoms with E-state index in [9.17, 15) is 8.78 Å². The van der Waals surface area contributed by atoms with Crippen LogP contribution in [-0.2, 0) is 6.42 Å². The first-order valence-corrected chi connectivity index (χ1v) is 10.6. The van der Waals surface area contributed by atoms with Gasteiger partial charge in [0.25, 0.3) is 0 Å². The molecule has 1 fully saturated rings. The molecule has 1 aliphatic carbocycles. The van der Waals surface area contributed by atoms with Crippen molar-refractivity contribution in [3.05, 3.63) is 59.7 Å². The average molecular weight is 371 g/mol. The summed E-state index contributed by atoms with van der Waals surface area (Å²) >= 11 is 0. The molecule has 1 unspecified atom stereocenters. The molecule has 27 heavy (non-hydrogen) atoms. The van der Waals surface area contributed by atoms with Gasteiger partial charge in [-0.05, 0) is 65.8 Å². The van der Waals surface area contributed by atoms with Crippen molar-refractivity contribution in [1.29, 1.82) is 0 Å². The molecular weight excluding hydrogens is 338 g/mol. The molecule has 1 atom stereocenters. The van der Waals surface area contributed by atoms with Crippen LogP contribution in [0, 0.1) is 29.4 Å². The van der Waals surface area contributed by atoms with Gasteiger partial charge < -0.3 is 0 Å². The van der Waals surface area contributed by atoms with Crippen LogP contribution in [0.25, 0.3) is 11.1 Å². The molecule has 0 aliphatic heterocycles. The number of halogens is 2. The largest absolute Gasteiger partial charge is 0.207 e. The standard InChI is InChI=1S/C25H32F2/c1-3-4-5-19-6-10-21(11-7-19)18(2)14-20-8-12-22(13-9-20)23-15-24(26)17-25(27)16-23/h8-9,12-13,15-19,21H,3-7,10-11,14H2,1-2H3. The van der Waals surface area contributed by atoms with Crippen molar-refractivity contribution in [2.45, 2.75) is 65.2 Å². The minimum atomic E-state index is -0.530. The summed E-state index contributed by atoms with van der Waals surface area (Å²) in [4.78, 5) is 0. The van der Waals surface area contributed by atoms with Crippen LogP contribution in [0.15, 0.2) is 42.5 Å². The number of hydrogen-bond donors (Lipinski definition) is 0. The van der Waals surface area contributed by atoms with E-state index < -0.39 is 11.6 Å². The van der Waals surface area contributed by atoms with Gasteiger partial charge in [-0.3, -0.25) is 0 Å². The van der Waals surface area contributed by atoms with Gasteiger partial charge in [-0.25, -0.2) is 8.78 Å². The van der Waals surface area contributed by atoms with Gasteiger partial charge in [0.2, 0.25) is 0 Å². The summed E-state index contributed by atoms with van der Waals surface area (Å²) in [5.74, 6) is 1.42. The fraction of sp³-hybridized carbons (Fsp3) is 0.520. The first kappa shape index (κ1) is 20.0. The number of rotatable bonds is 7. The SMILES string of the molecule is CCCCC1CCC(C(C)Cc2ccc(-c3cc(F)cc(F)c3)cc2)CC1. The van der Waals surface area contributed by atoms with Crippen molar-refractivity contribution in [1.82, 2.24) is 0 Å².